The molecule has 1 rings (SSSR count). The fraction of sp³-hybridized carbons (Fsp3) is 0.462. The lowest BCUT2D eigenvalue weighted by molar-refractivity contribution is -0.147. The highest BCUT2D eigenvalue weighted by Crippen LogP contribution is 2.33. The molecule has 1 aromatic rings. The maximum absolute atomic E-state index is 11.1. The van der Waals surface area contributed by atoms with Crippen molar-refractivity contribution in [1.29, 1.82) is 0 Å². The summed E-state index contributed by atoms with van der Waals surface area (Å²) >= 11 is 3.43. The van der Waals surface area contributed by atoms with E-state index in [1.165, 1.54) is 0 Å². The minimum Gasteiger partial charge on any atom is -0.497 e. The minimum absolute atomic E-state index is 0.337. The number of halogens is 1. The van der Waals surface area contributed by atoms with Gasteiger partial charge in [-0.25, -0.2) is 0 Å². The largest absolute Gasteiger partial charge is 0.497 e. The molecule has 3 N–H and O–H groups in total. The number of hydrogen-bond acceptors (Lipinski definition) is 3. The molecule has 0 saturated carbocycles. The molecule has 0 radical (unpaired) electrons. The summed E-state index contributed by atoms with van der Waals surface area (Å²) in [6.07, 6.45) is 0.368. The summed E-state index contributed by atoms with van der Waals surface area (Å²) in [5, 5.41) is 9.10. The van der Waals surface area contributed by atoms with Crippen molar-refractivity contribution in [2.75, 3.05) is 7.11 Å². The molecular formula is C13H18BrNO3. The Hall–Kier alpha value is -1.07. The van der Waals surface area contributed by atoms with Crippen molar-refractivity contribution in [3.63, 3.8) is 0 Å². The van der Waals surface area contributed by atoms with Crippen molar-refractivity contribution < 1.29 is 14.6 Å². The van der Waals surface area contributed by atoms with Gasteiger partial charge in [-0.3, -0.25) is 4.79 Å². The Balaban J connectivity index is 2.91. The van der Waals surface area contributed by atoms with Crippen molar-refractivity contribution in [2.45, 2.75) is 26.3 Å². The number of rotatable bonds is 5. The number of hydrogen-bond donors (Lipinski definition) is 2. The second-order valence-corrected chi connectivity index (χ2v) is 5.74. The lowest BCUT2D eigenvalue weighted by Gasteiger charge is -2.24. The van der Waals surface area contributed by atoms with Crippen molar-refractivity contribution >= 4 is 21.9 Å². The molecule has 1 unspecified atom stereocenters. The second-order valence-electron chi connectivity index (χ2n) is 4.89. The summed E-state index contributed by atoms with van der Waals surface area (Å²) < 4.78 is 5.93. The number of aliphatic carboxylic acids is 1. The summed E-state index contributed by atoms with van der Waals surface area (Å²) in [6.45, 7) is 3.35. The quantitative estimate of drug-likeness (QED) is 0.876. The predicted molar refractivity (Wildman–Crippen MR) is 73.7 cm³/mol. The minimum atomic E-state index is -0.848. The average molecular weight is 316 g/mol. The first-order valence-electron chi connectivity index (χ1n) is 5.60. The van der Waals surface area contributed by atoms with Crippen LogP contribution in [0.25, 0.3) is 0 Å². The fourth-order valence-corrected chi connectivity index (χ4v) is 2.33. The van der Waals surface area contributed by atoms with Crippen LogP contribution in [0.1, 0.15) is 31.9 Å². The summed E-state index contributed by atoms with van der Waals surface area (Å²) in [4.78, 5) is 11.1. The molecule has 18 heavy (non-hydrogen) atoms. The van der Waals surface area contributed by atoms with Gasteiger partial charge in [-0.2, -0.15) is 0 Å². The third-order valence-corrected chi connectivity index (χ3v) is 3.60. The lowest BCUT2D eigenvalue weighted by Crippen LogP contribution is -2.29. The molecule has 100 valence electrons. The van der Waals surface area contributed by atoms with E-state index >= 15 is 0 Å². The highest BCUT2D eigenvalue weighted by atomic mass is 79.9. The molecule has 0 spiro atoms. The Morgan fingerprint density at radius 1 is 1.56 bits per heavy atom. The van der Waals surface area contributed by atoms with E-state index in [2.05, 4.69) is 15.9 Å². The molecular weight excluding hydrogens is 298 g/mol. The van der Waals surface area contributed by atoms with Crippen LogP contribution in [-0.4, -0.2) is 18.2 Å². The topological polar surface area (TPSA) is 72.5 Å². The zero-order chi connectivity index (χ0) is 13.9. The van der Waals surface area contributed by atoms with E-state index in [1.54, 1.807) is 21.0 Å². The highest BCUT2D eigenvalue weighted by Gasteiger charge is 2.30. The molecule has 1 aromatic carbocycles. The van der Waals surface area contributed by atoms with Crippen molar-refractivity contribution in [2.24, 2.45) is 11.1 Å². The maximum Gasteiger partial charge on any atom is 0.309 e. The maximum atomic E-state index is 11.1. The molecule has 0 aliphatic heterocycles. The standard InChI is InChI=1S/C13H18BrNO3/c1-13(2,12(16)17)7-11(15)9-5-4-8(18-3)6-10(9)14/h4-6,11H,7,15H2,1-3H3,(H,16,17). The van der Waals surface area contributed by atoms with E-state index in [-0.39, 0.29) is 6.04 Å². The molecule has 0 bridgehead atoms. The molecule has 0 aromatic heterocycles. The number of benzene rings is 1. The Morgan fingerprint density at radius 2 is 2.17 bits per heavy atom. The van der Waals surface area contributed by atoms with Crippen molar-refractivity contribution in [3.05, 3.63) is 28.2 Å². The van der Waals surface area contributed by atoms with Gasteiger partial charge >= 0.3 is 5.97 Å². The van der Waals surface area contributed by atoms with Gasteiger partial charge in [0.25, 0.3) is 0 Å². The molecule has 0 amide bonds. The van der Waals surface area contributed by atoms with Crippen molar-refractivity contribution in [3.8, 4) is 5.75 Å². The number of carbonyl (C=O) groups is 1. The predicted octanol–water partition coefficient (Wildman–Crippen LogP) is 2.96. The summed E-state index contributed by atoms with van der Waals surface area (Å²) in [6, 6.07) is 5.15. The summed E-state index contributed by atoms with van der Waals surface area (Å²) in [5.74, 6) is -0.113. The van der Waals surface area contributed by atoms with Crippen molar-refractivity contribution in [1.82, 2.24) is 0 Å². The zero-order valence-corrected chi connectivity index (χ0v) is 12.3. The molecule has 0 heterocycles. The Labute approximate surface area is 115 Å². The van der Waals surface area contributed by atoms with Crippen LogP contribution in [0.5, 0.6) is 5.75 Å². The van der Waals surface area contributed by atoms with Crippen LogP contribution < -0.4 is 10.5 Å². The Morgan fingerprint density at radius 3 is 2.61 bits per heavy atom. The SMILES string of the molecule is COc1ccc(C(N)CC(C)(C)C(=O)O)c(Br)c1. The monoisotopic (exact) mass is 315 g/mol. The molecule has 0 aliphatic carbocycles. The van der Waals surface area contributed by atoms with E-state index in [9.17, 15) is 4.79 Å². The summed E-state index contributed by atoms with van der Waals surface area (Å²) in [7, 11) is 1.59. The molecule has 0 fully saturated rings. The van der Waals surface area contributed by atoms with Crippen LogP contribution in [0.2, 0.25) is 0 Å². The van der Waals surface area contributed by atoms with Gasteiger partial charge in [0.1, 0.15) is 5.75 Å². The van der Waals surface area contributed by atoms with Gasteiger partial charge in [0, 0.05) is 10.5 Å². The first-order chi connectivity index (χ1) is 8.27. The third-order valence-electron chi connectivity index (χ3n) is 2.92. The first kappa shape index (κ1) is 15.0. The van der Waals surface area contributed by atoms with E-state index in [4.69, 9.17) is 15.6 Å². The Bertz CT molecular complexity index is 446. The number of carboxylic acid groups (broad SMARTS) is 1. The highest BCUT2D eigenvalue weighted by molar-refractivity contribution is 9.10. The molecule has 0 saturated heterocycles. The van der Waals surface area contributed by atoms with Crippen LogP contribution in [0.15, 0.2) is 22.7 Å². The smallest absolute Gasteiger partial charge is 0.309 e. The number of ether oxygens (including phenoxy) is 1. The van der Waals surface area contributed by atoms with Crippen LogP contribution in [-0.2, 0) is 4.79 Å². The molecule has 1 atom stereocenters. The fourth-order valence-electron chi connectivity index (χ4n) is 1.68. The number of methoxy groups -OCH3 is 1. The zero-order valence-electron chi connectivity index (χ0n) is 10.7. The second kappa shape index (κ2) is 5.71. The number of carboxylic acids is 1. The normalized spacial score (nSPS) is 13.2. The average Bonchev–Trinajstić information content (AvgIpc) is 2.27. The van der Waals surface area contributed by atoms with Gasteiger partial charge in [-0.05, 0) is 38.0 Å². The number of nitrogens with two attached hydrogens (primary N) is 1. The van der Waals surface area contributed by atoms with Crippen LogP contribution >= 0.6 is 15.9 Å². The lowest BCUT2D eigenvalue weighted by atomic mass is 9.84. The molecule has 5 heteroatoms. The van der Waals surface area contributed by atoms with Gasteiger partial charge in [0.15, 0.2) is 0 Å². The Kier molecular flexibility index (Phi) is 4.76. The first-order valence-corrected chi connectivity index (χ1v) is 6.39. The van der Waals surface area contributed by atoms with Gasteiger partial charge < -0.3 is 15.6 Å². The molecule has 0 aliphatic rings. The van der Waals surface area contributed by atoms with Crippen LogP contribution in [0.4, 0.5) is 0 Å². The molecule has 4 nitrogen and oxygen atoms in total. The third kappa shape index (κ3) is 3.46. The van der Waals surface area contributed by atoms with Crippen LogP contribution in [0.3, 0.4) is 0 Å². The van der Waals surface area contributed by atoms with Gasteiger partial charge in [-0.1, -0.05) is 22.0 Å². The van der Waals surface area contributed by atoms with E-state index in [0.29, 0.717) is 6.42 Å². The van der Waals surface area contributed by atoms with Gasteiger partial charge in [0.05, 0.1) is 12.5 Å². The van der Waals surface area contributed by atoms with Gasteiger partial charge in [0.2, 0.25) is 0 Å². The summed E-state index contributed by atoms with van der Waals surface area (Å²) in [5.41, 5.74) is 6.11. The van der Waals surface area contributed by atoms with Crippen LogP contribution in [0, 0.1) is 5.41 Å². The van der Waals surface area contributed by atoms with Gasteiger partial charge in [-0.15, -0.1) is 0 Å². The van der Waals surface area contributed by atoms with E-state index in [1.807, 2.05) is 18.2 Å². The van der Waals surface area contributed by atoms with E-state index in [0.717, 1.165) is 15.8 Å². The van der Waals surface area contributed by atoms with E-state index < -0.39 is 11.4 Å².